The van der Waals surface area contributed by atoms with Gasteiger partial charge in [0, 0.05) is 0 Å². The maximum Gasteiger partial charge on any atom is 0.416 e. The lowest BCUT2D eigenvalue weighted by atomic mass is 9.72. The Morgan fingerprint density at radius 3 is 0.811 bits per heavy atom. The molecule has 0 amide bonds. The van der Waals surface area contributed by atoms with Crippen molar-refractivity contribution >= 4 is 0 Å². The Kier molecular flexibility index (Phi) is 30.4. The Morgan fingerprint density at radius 1 is 0.207 bits per heavy atom. The zero-order valence-corrected chi connectivity index (χ0v) is 75.9. The molecule has 6 heteroatoms. The number of hydrogen-bond acceptors (Lipinski definition) is 0. The average Bonchev–Trinajstić information content (AvgIpc) is 0.753. The van der Waals surface area contributed by atoms with Gasteiger partial charge < -0.3 is 0 Å². The third-order valence-electron chi connectivity index (χ3n) is 19.4. The number of rotatable bonds is 2. The van der Waals surface area contributed by atoms with Crippen molar-refractivity contribution in [3.05, 3.63) is 294 Å². The molecule has 608 valence electrons. The highest BCUT2D eigenvalue weighted by atomic mass is 19.4. The number of hydrogen-bond donors (Lipinski definition) is 0. The Bertz CT molecular complexity index is 4570. The molecule has 0 aliphatic carbocycles. The first-order valence-electron chi connectivity index (χ1n) is 41.7. The summed E-state index contributed by atoms with van der Waals surface area (Å²) in [7, 11) is 0. The van der Waals surface area contributed by atoms with Crippen LogP contribution in [0.1, 0.15) is 334 Å². The average molecular weight is 1530 g/mol. The van der Waals surface area contributed by atoms with Gasteiger partial charge in [-0.15, -0.1) is 0 Å². The van der Waals surface area contributed by atoms with Crippen molar-refractivity contribution in [3.63, 3.8) is 0 Å². The maximum absolute atomic E-state index is 12.8. The second-order valence-corrected chi connectivity index (χ2v) is 41.5. The molecule has 0 atom stereocenters. The minimum absolute atomic E-state index is 0.0371. The maximum atomic E-state index is 12.8. The highest BCUT2D eigenvalue weighted by molar-refractivity contribution is 5.72. The lowest BCUT2D eigenvalue weighted by Gasteiger charge is -2.32. The van der Waals surface area contributed by atoms with Crippen molar-refractivity contribution in [1.29, 1.82) is 0 Å². The van der Waals surface area contributed by atoms with E-state index in [0.717, 1.165) is 23.3 Å². The van der Waals surface area contributed by atoms with Gasteiger partial charge in [-0.05, 0) is 212 Å². The van der Waals surface area contributed by atoms with Gasteiger partial charge in [-0.25, -0.2) is 0 Å². The second-order valence-electron chi connectivity index (χ2n) is 41.5. The van der Waals surface area contributed by atoms with Crippen LogP contribution < -0.4 is 0 Å². The Hall–Kier alpha value is -7.44. The normalized spacial score (nSPS) is 13.2. The lowest BCUT2D eigenvalue weighted by molar-refractivity contribution is -0.139. The molecule has 9 aromatic carbocycles. The molecule has 0 N–H and O–H groups in total. The summed E-state index contributed by atoms with van der Waals surface area (Å²) in [5, 5.41) is 0. The fourth-order valence-corrected chi connectivity index (χ4v) is 14.5. The Balaban J connectivity index is 0.000000353. The molecule has 0 aliphatic heterocycles. The van der Waals surface area contributed by atoms with Gasteiger partial charge in [0.15, 0.2) is 0 Å². The van der Waals surface area contributed by atoms with Crippen LogP contribution in [0.3, 0.4) is 0 Å². The largest absolute Gasteiger partial charge is 0.416 e. The van der Waals surface area contributed by atoms with Gasteiger partial charge in [0.25, 0.3) is 0 Å². The summed E-state index contributed by atoms with van der Waals surface area (Å²) >= 11 is 0. The van der Waals surface area contributed by atoms with Crippen LogP contribution in [0.2, 0.25) is 0 Å². The molecule has 111 heavy (non-hydrogen) atoms. The summed E-state index contributed by atoms with van der Waals surface area (Å²) < 4.78 is 109. The van der Waals surface area contributed by atoms with Crippen molar-refractivity contribution in [2.75, 3.05) is 0 Å². The molecule has 0 bridgehead atoms. The predicted molar refractivity (Wildman–Crippen MR) is 475 cm³/mol. The minimum atomic E-state index is -4.27. The quantitative estimate of drug-likeness (QED) is 0.151. The fraction of sp³-hybridized carbons (Fsp3) is 0.486. The van der Waals surface area contributed by atoms with Gasteiger partial charge in [-0.1, -0.05) is 416 Å². The van der Waals surface area contributed by atoms with E-state index in [2.05, 4.69) is 323 Å². The number of benzene rings is 9. The van der Waals surface area contributed by atoms with E-state index in [-0.39, 0.29) is 72.9 Å². The molecule has 0 spiro atoms. The van der Waals surface area contributed by atoms with E-state index in [0.29, 0.717) is 27.8 Å². The molecule has 0 saturated heterocycles. The Labute approximate surface area is 679 Å². The molecule has 9 rings (SSSR count). The number of halogens is 6. The van der Waals surface area contributed by atoms with Gasteiger partial charge in [-0.2, -0.15) is 26.3 Å². The van der Waals surface area contributed by atoms with Crippen LogP contribution in [-0.2, 0) is 71.9 Å². The van der Waals surface area contributed by atoms with Crippen molar-refractivity contribution in [1.82, 2.24) is 0 Å². The molecule has 0 heterocycles. The van der Waals surface area contributed by atoms with Gasteiger partial charge in [0.05, 0.1) is 16.6 Å². The summed E-state index contributed by atoms with van der Waals surface area (Å²) in [6, 6.07) is 55.7. The van der Waals surface area contributed by atoms with Crippen molar-refractivity contribution in [2.24, 2.45) is 0 Å². The van der Waals surface area contributed by atoms with Crippen LogP contribution in [0.4, 0.5) is 26.3 Å². The molecule has 0 unspecified atom stereocenters. The molecule has 0 fully saturated rings. The lowest BCUT2D eigenvalue weighted by Crippen LogP contribution is -2.23. The zero-order valence-electron chi connectivity index (χ0n) is 79.9. The van der Waals surface area contributed by atoms with E-state index in [1.807, 2.05) is 12.1 Å². The summed E-state index contributed by atoms with van der Waals surface area (Å²) in [6.07, 6.45) is -8.53. The monoisotopic (exact) mass is 1530 g/mol. The molecule has 0 aromatic heterocycles. The zero-order chi connectivity index (χ0) is 89.3. The van der Waals surface area contributed by atoms with Gasteiger partial charge in [0.2, 0.25) is 0 Å². The first-order valence-corrected chi connectivity index (χ1v) is 39.7. The third kappa shape index (κ3) is 29.5. The molecule has 9 aromatic rings. The summed E-state index contributed by atoms with van der Waals surface area (Å²) in [5.41, 5.74) is 21.6. The van der Waals surface area contributed by atoms with Crippen LogP contribution in [0.5, 0.6) is 0 Å². The minimum Gasteiger partial charge on any atom is -0.166 e. The van der Waals surface area contributed by atoms with Gasteiger partial charge in [-0.3, -0.25) is 0 Å². The molecular weight excluding hydrogens is 1380 g/mol. The first-order chi connectivity index (χ1) is 51.6. The predicted octanol–water partition coefficient (Wildman–Crippen LogP) is 33.0. The van der Waals surface area contributed by atoms with Crippen LogP contribution in [-0.4, -0.2) is 0 Å². The summed E-state index contributed by atoms with van der Waals surface area (Å²) in [4.78, 5) is 0. The third-order valence-corrected chi connectivity index (χ3v) is 19.4. The standard InChI is InChI=1S/C21H28.C20H26.C18H30.C12H15F3.C12H18.C11H13F3.C11H16/c1-15-11-13-16(14-12-15)17-9-8-10-18(20(2,3)4)19(17)21(5,6)7;1-19(2,3)17-14-10-13-16(18(17)20(4,5)6)15-11-8-7-9-12-15;1-16(2,3)13-10-11-14(17(4,5)6)15(12-13)18(7,8)9;1-8-6-5-7-9(12(13,14)15)10(8)11(2,3)4;1-9-7-6-8-10(2)11(9)12(3,4)5;1-10(2,3)8-6-4-5-7-9(8)11(12,13)14;1-9-7-5-6-8-10(9)11(2,3)4/h8-14H,1-7H3;7-14H,1-6H3;10-12H,1-9H3;5-7H,1-4H3;6-8H,1-5H3;4-7H,1-3H3;5-8H,1-4H3/i11D,12D,13D,14D;;;;;;. The first kappa shape index (κ1) is 90.7. The van der Waals surface area contributed by atoms with E-state index >= 15 is 0 Å². The number of aryl methyl sites for hydroxylation is 4. The van der Waals surface area contributed by atoms with E-state index in [1.165, 1.54) is 90.5 Å². The molecule has 0 radical (unpaired) electrons. The van der Waals surface area contributed by atoms with E-state index < -0.39 is 34.3 Å². The van der Waals surface area contributed by atoms with E-state index in [1.54, 1.807) is 67.5 Å². The van der Waals surface area contributed by atoms with Gasteiger partial charge in [0.1, 0.15) is 0 Å². The topological polar surface area (TPSA) is 0 Å². The summed E-state index contributed by atoms with van der Waals surface area (Å²) in [6.45, 7) is 81.5. The fourth-order valence-electron chi connectivity index (χ4n) is 14.5. The second kappa shape index (κ2) is 37.2. The Morgan fingerprint density at radius 2 is 0.495 bits per heavy atom. The molecular formula is C105H146F6. The van der Waals surface area contributed by atoms with Gasteiger partial charge >= 0.3 is 12.4 Å². The van der Waals surface area contributed by atoms with E-state index in [9.17, 15) is 26.3 Å². The van der Waals surface area contributed by atoms with E-state index in [4.69, 9.17) is 5.48 Å². The smallest absolute Gasteiger partial charge is 0.166 e. The van der Waals surface area contributed by atoms with Crippen molar-refractivity contribution in [2.45, 2.75) is 335 Å². The highest BCUT2D eigenvalue weighted by Gasteiger charge is 2.38. The molecule has 0 aliphatic rings. The van der Waals surface area contributed by atoms with Crippen LogP contribution in [0.25, 0.3) is 22.3 Å². The van der Waals surface area contributed by atoms with Crippen LogP contribution >= 0.6 is 0 Å². The van der Waals surface area contributed by atoms with Crippen LogP contribution in [0, 0.1) is 34.6 Å². The highest BCUT2D eigenvalue weighted by Crippen LogP contribution is 2.45. The molecule has 0 nitrogen and oxygen atoms in total. The van der Waals surface area contributed by atoms with Crippen LogP contribution in [0.15, 0.2) is 194 Å². The number of alkyl halides is 6. The summed E-state index contributed by atoms with van der Waals surface area (Å²) in [5.74, 6) is 0. The SMILES string of the molecule is CC(C)(C)c1ccc(C(C)(C)C)c(C(C)(C)C)c1.CC(C)(C)c1cccc(-c2ccccc2)c1C(C)(C)C.CC(C)(C)c1ccccc1C(F)(F)F.Cc1cccc(C(F)(F)F)c1C(C)(C)C.Cc1cccc(C)c1C(C)(C)C.Cc1ccccc1C(C)(C)C.[2H]c1c([2H])c(-c2cccc(C(C)(C)C)c2C(C)(C)C)c([2H])c([2H])c1C. The van der Waals surface area contributed by atoms with Crippen molar-refractivity contribution in [3.8, 4) is 22.3 Å². The molecule has 0 saturated carbocycles. The van der Waals surface area contributed by atoms with Crippen molar-refractivity contribution < 1.29 is 31.8 Å².